The largest absolute Gasteiger partial charge is 0.332 e. The third-order valence-electron chi connectivity index (χ3n) is 3.84. The Bertz CT molecular complexity index is 1080. The van der Waals surface area contributed by atoms with E-state index in [0.717, 1.165) is 21.4 Å². The van der Waals surface area contributed by atoms with E-state index in [-0.39, 0.29) is 6.03 Å². The second kappa shape index (κ2) is 7.55. The summed E-state index contributed by atoms with van der Waals surface area (Å²) in [6, 6.07) is 13.1. The fourth-order valence-electron chi connectivity index (χ4n) is 2.58. The molecular formula is C19H15BrN6O. The van der Waals surface area contributed by atoms with Gasteiger partial charge in [0, 0.05) is 22.4 Å². The molecule has 4 aromatic rings. The number of imidazole rings is 1. The smallest absolute Gasteiger partial charge is 0.319 e. The van der Waals surface area contributed by atoms with E-state index >= 15 is 0 Å². The Labute approximate surface area is 163 Å². The number of nitrogens with one attached hydrogen (secondary N) is 2. The van der Waals surface area contributed by atoms with Gasteiger partial charge in [0.05, 0.1) is 30.3 Å². The highest BCUT2D eigenvalue weighted by Gasteiger charge is 2.07. The molecule has 0 atom stereocenters. The molecule has 0 spiro atoms. The lowest BCUT2D eigenvalue weighted by Crippen LogP contribution is -2.28. The Balaban J connectivity index is 1.36. The lowest BCUT2D eigenvalue weighted by Gasteiger charge is -2.06. The summed E-state index contributed by atoms with van der Waals surface area (Å²) in [5, 5.41) is 5.49. The molecule has 2 amide bonds. The Morgan fingerprint density at radius 3 is 2.59 bits per heavy atom. The van der Waals surface area contributed by atoms with Crippen molar-refractivity contribution in [1.82, 2.24) is 24.7 Å². The number of rotatable bonds is 4. The topological polar surface area (TPSA) is 84.2 Å². The maximum absolute atomic E-state index is 12.1. The molecule has 4 rings (SSSR count). The lowest BCUT2D eigenvalue weighted by atomic mass is 10.2. The molecule has 0 radical (unpaired) electrons. The number of benzene rings is 1. The van der Waals surface area contributed by atoms with Gasteiger partial charge in [0.2, 0.25) is 0 Å². The van der Waals surface area contributed by atoms with E-state index in [1.807, 2.05) is 59.3 Å². The first kappa shape index (κ1) is 17.2. The minimum Gasteiger partial charge on any atom is -0.332 e. The predicted octanol–water partition coefficient (Wildman–Crippen LogP) is 3.88. The molecular weight excluding hydrogens is 408 g/mol. The maximum Gasteiger partial charge on any atom is 0.319 e. The van der Waals surface area contributed by atoms with Gasteiger partial charge in [-0.25, -0.2) is 19.7 Å². The average molecular weight is 423 g/mol. The van der Waals surface area contributed by atoms with E-state index in [9.17, 15) is 4.79 Å². The van der Waals surface area contributed by atoms with Crippen LogP contribution in [0.3, 0.4) is 0 Å². The summed E-state index contributed by atoms with van der Waals surface area (Å²) in [6.45, 7) is 0.314. The van der Waals surface area contributed by atoms with Crippen molar-refractivity contribution in [2.45, 2.75) is 6.54 Å². The summed E-state index contributed by atoms with van der Waals surface area (Å²) in [5.74, 6) is 0.609. The zero-order valence-electron chi connectivity index (χ0n) is 14.1. The van der Waals surface area contributed by atoms with E-state index in [1.54, 1.807) is 12.4 Å². The third kappa shape index (κ3) is 4.12. The van der Waals surface area contributed by atoms with Crippen molar-refractivity contribution in [3.63, 3.8) is 0 Å². The van der Waals surface area contributed by atoms with Crippen molar-refractivity contribution in [2.24, 2.45) is 0 Å². The Morgan fingerprint density at radius 1 is 1.04 bits per heavy atom. The Morgan fingerprint density at radius 2 is 1.81 bits per heavy atom. The van der Waals surface area contributed by atoms with Crippen LogP contribution in [0.25, 0.3) is 17.0 Å². The van der Waals surface area contributed by atoms with Crippen LogP contribution in [0.2, 0.25) is 0 Å². The SMILES string of the molecule is O=C(NCc1cn2cc(Br)ccc2n1)Nc1cnc(-c2ccccc2)nc1. The zero-order chi connectivity index (χ0) is 18.6. The highest BCUT2D eigenvalue weighted by Crippen LogP contribution is 2.15. The monoisotopic (exact) mass is 422 g/mol. The van der Waals surface area contributed by atoms with Crippen LogP contribution in [0.1, 0.15) is 5.69 Å². The van der Waals surface area contributed by atoms with Crippen molar-refractivity contribution in [2.75, 3.05) is 5.32 Å². The first-order valence-electron chi connectivity index (χ1n) is 8.23. The van der Waals surface area contributed by atoms with Gasteiger partial charge in [-0.3, -0.25) is 0 Å². The number of halogens is 1. The van der Waals surface area contributed by atoms with Gasteiger partial charge < -0.3 is 15.0 Å². The number of nitrogens with zero attached hydrogens (tertiary/aromatic N) is 4. The van der Waals surface area contributed by atoms with Gasteiger partial charge in [-0.1, -0.05) is 30.3 Å². The summed E-state index contributed by atoms with van der Waals surface area (Å²) in [6.07, 6.45) is 6.95. The Hall–Kier alpha value is -3.26. The number of amides is 2. The zero-order valence-corrected chi connectivity index (χ0v) is 15.7. The number of urea groups is 1. The van der Waals surface area contributed by atoms with Crippen LogP contribution in [-0.4, -0.2) is 25.4 Å². The van der Waals surface area contributed by atoms with Crippen LogP contribution in [0.5, 0.6) is 0 Å². The molecule has 0 aliphatic carbocycles. The van der Waals surface area contributed by atoms with Crippen molar-refractivity contribution >= 4 is 33.3 Å². The van der Waals surface area contributed by atoms with Gasteiger partial charge in [-0.05, 0) is 28.1 Å². The van der Waals surface area contributed by atoms with Crippen LogP contribution in [0.4, 0.5) is 10.5 Å². The van der Waals surface area contributed by atoms with Crippen molar-refractivity contribution in [3.05, 3.63) is 77.4 Å². The molecule has 8 heteroatoms. The van der Waals surface area contributed by atoms with Gasteiger partial charge >= 0.3 is 6.03 Å². The molecule has 27 heavy (non-hydrogen) atoms. The molecule has 1 aromatic carbocycles. The van der Waals surface area contributed by atoms with E-state index in [1.165, 1.54) is 0 Å². The molecule has 0 bridgehead atoms. The highest BCUT2D eigenvalue weighted by molar-refractivity contribution is 9.10. The fourth-order valence-corrected chi connectivity index (χ4v) is 2.93. The van der Waals surface area contributed by atoms with Crippen molar-refractivity contribution < 1.29 is 4.79 Å². The molecule has 0 aliphatic heterocycles. The third-order valence-corrected chi connectivity index (χ3v) is 4.31. The van der Waals surface area contributed by atoms with Gasteiger partial charge in [0.15, 0.2) is 5.82 Å². The Kier molecular flexibility index (Phi) is 4.80. The minimum absolute atomic E-state index is 0.314. The number of pyridine rings is 1. The molecule has 3 aromatic heterocycles. The van der Waals surface area contributed by atoms with Crippen molar-refractivity contribution in [1.29, 1.82) is 0 Å². The molecule has 0 fully saturated rings. The van der Waals surface area contributed by atoms with Crippen LogP contribution in [0, 0.1) is 0 Å². The fraction of sp³-hybridized carbons (Fsp3) is 0.0526. The first-order chi connectivity index (χ1) is 13.2. The molecule has 0 unspecified atom stereocenters. The molecule has 134 valence electrons. The van der Waals surface area contributed by atoms with Crippen LogP contribution < -0.4 is 10.6 Å². The molecule has 7 nitrogen and oxygen atoms in total. The second-order valence-corrected chi connectivity index (χ2v) is 6.73. The number of carbonyl (C=O) groups excluding carboxylic acids is 1. The summed E-state index contributed by atoms with van der Waals surface area (Å²) in [7, 11) is 0. The predicted molar refractivity (Wildman–Crippen MR) is 106 cm³/mol. The van der Waals surface area contributed by atoms with E-state index in [4.69, 9.17) is 0 Å². The number of hydrogen-bond donors (Lipinski definition) is 2. The highest BCUT2D eigenvalue weighted by atomic mass is 79.9. The quantitative estimate of drug-likeness (QED) is 0.522. The number of fused-ring (bicyclic) bond motifs is 1. The molecule has 0 saturated carbocycles. The lowest BCUT2D eigenvalue weighted by molar-refractivity contribution is 0.251. The summed E-state index contributed by atoms with van der Waals surface area (Å²) >= 11 is 3.42. The second-order valence-electron chi connectivity index (χ2n) is 5.81. The molecule has 2 N–H and O–H groups in total. The number of hydrogen-bond acceptors (Lipinski definition) is 4. The summed E-state index contributed by atoms with van der Waals surface area (Å²) in [5.41, 5.74) is 3.03. The van der Waals surface area contributed by atoms with Crippen molar-refractivity contribution in [3.8, 4) is 11.4 Å². The number of aromatic nitrogens is 4. The minimum atomic E-state index is -0.343. The molecule has 0 saturated heterocycles. The first-order valence-corrected chi connectivity index (χ1v) is 9.02. The standard InChI is InChI=1S/C19H15BrN6O/c20-14-6-7-17-24-16(12-26(17)11-14)10-23-19(27)25-15-8-21-18(22-9-15)13-4-2-1-3-5-13/h1-9,11-12H,10H2,(H2,23,25,27). The van der Waals surface area contributed by atoms with E-state index in [0.29, 0.717) is 18.1 Å². The van der Waals surface area contributed by atoms with Crippen LogP contribution >= 0.6 is 15.9 Å². The summed E-state index contributed by atoms with van der Waals surface area (Å²) in [4.78, 5) is 25.1. The normalized spacial score (nSPS) is 10.7. The van der Waals surface area contributed by atoms with Gasteiger partial charge in [0.25, 0.3) is 0 Å². The molecule has 0 aliphatic rings. The van der Waals surface area contributed by atoms with E-state index < -0.39 is 0 Å². The van der Waals surface area contributed by atoms with Gasteiger partial charge in [-0.15, -0.1) is 0 Å². The van der Waals surface area contributed by atoms with E-state index in [2.05, 4.69) is 41.5 Å². The van der Waals surface area contributed by atoms with Gasteiger partial charge in [-0.2, -0.15) is 0 Å². The average Bonchev–Trinajstić information content (AvgIpc) is 3.10. The maximum atomic E-state index is 12.1. The number of carbonyl (C=O) groups is 1. The molecule has 3 heterocycles. The van der Waals surface area contributed by atoms with Gasteiger partial charge in [0.1, 0.15) is 5.65 Å². The van der Waals surface area contributed by atoms with Crippen LogP contribution in [-0.2, 0) is 6.54 Å². The number of anilines is 1. The van der Waals surface area contributed by atoms with Crippen LogP contribution in [0.15, 0.2) is 71.7 Å². The summed E-state index contributed by atoms with van der Waals surface area (Å²) < 4.78 is 2.86.